The third-order valence-electron chi connectivity index (χ3n) is 5.08. The van der Waals surface area contributed by atoms with Crippen LogP contribution in [-0.2, 0) is 17.8 Å². The van der Waals surface area contributed by atoms with Gasteiger partial charge in [-0.1, -0.05) is 31.2 Å². The van der Waals surface area contributed by atoms with E-state index in [-0.39, 0.29) is 6.03 Å². The lowest BCUT2D eigenvalue weighted by Crippen LogP contribution is -2.45. The van der Waals surface area contributed by atoms with Gasteiger partial charge in [0.15, 0.2) is 0 Å². The van der Waals surface area contributed by atoms with Gasteiger partial charge in [0.25, 0.3) is 0 Å². The molecule has 0 atom stereocenters. The molecule has 0 spiro atoms. The summed E-state index contributed by atoms with van der Waals surface area (Å²) in [6, 6.07) is 8.61. The number of morpholine rings is 1. The lowest BCUT2D eigenvalue weighted by Gasteiger charge is -2.34. The summed E-state index contributed by atoms with van der Waals surface area (Å²) in [4.78, 5) is 18.9. The third-order valence-corrected chi connectivity index (χ3v) is 5.08. The van der Waals surface area contributed by atoms with Crippen LogP contribution in [0.3, 0.4) is 0 Å². The molecule has 0 unspecified atom stereocenters. The number of amides is 2. The summed E-state index contributed by atoms with van der Waals surface area (Å²) < 4.78 is 5.27. The number of carbonyl (C=O) groups excluding carboxylic acids is 1. The van der Waals surface area contributed by atoms with Crippen LogP contribution >= 0.6 is 0 Å². The van der Waals surface area contributed by atoms with E-state index in [9.17, 15) is 4.79 Å². The molecule has 0 saturated carbocycles. The van der Waals surface area contributed by atoms with Crippen LogP contribution in [0.2, 0.25) is 0 Å². The van der Waals surface area contributed by atoms with Gasteiger partial charge in [0.05, 0.1) is 13.2 Å². The zero-order chi connectivity index (χ0) is 17.5. The number of urea groups is 1. The molecule has 138 valence electrons. The van der Waals surface area contributed by atoms with Gasteiger partial charge in [-0.05, 0) is 17.7 Å². The average molecular weight is 346 g/mol. The molecule has 25 heavy (non-hydrogen) atoms. The molecular formula is C19H30N4O2. The zero-order valence-electron chi connectivity index (χ0n) is 15.2. The Labute approximate surface area is 150 Å². The molecule has 6 nitrogen and oxygen atoms in total. The van der Waals surface area contributed by atoms with E-state index in [4.69, 9.17) is 4.74 Å². The van der Waals surface area contributed by atoms with Crippen LogP contribution in [0.25, 0.3) is 0 Å². The van der Waals surface area contributed by atoms with E-state index in [0.29, 0.717) is 32.8 Å². The van der Waals surface area contributed by atoms with Crippen LogP contribution in [0.4, 0.5) is 4.79 Å². The lowest BCUT2D eigenvalue weighted by atomic mass is 10.1. The van der Waals surface area contributed by atoms with Gasteiger partial charge < -0.3 is 19.9 Å². The summed E-state index contributed by atoms with van der Waals surface area (Å²) in [5.74, 6) is 0. The largest absolute Gasteiger partial charge is 0.378 e. The first-order chi connectivity index (χ1) is 12.2. The molecule has 0 radical (unpaired) electrons. The summed E-state index contributed by atoms with van der Waals surface area (Å²) in [5.41, 5.74) is 2.48. The van der Waals surface area contributed by atoms with Gasteiger partial charge >= 0.3 is 6.03 Å². The molecule has 1 aromatic carbocycles. The van der Waals surface area contributed by atoms with Crippen molar-refractivity contribution in [3.05, 3.63) is 35.4 Å². The Kier molecular flexibility index (Phi) is 6.67. The van der Waals surface area contributed by atoms with Gasteiger partial charge in [0.2, 0.25) is 0 Å². The van der Waals surface area contributed by atoms with Crippen molar-refractivity contribution in [1.29, 1.82) is 0 Å². The number of nitrogens with one attached hydrogen (secondary N) is 1. The van der Waals surface area contributed by atoms with Crippen LogP contribution < -0.4 is 5.32 Å². The molecule has 2 saturated heterocycles. The van der Waals surface area contributed by atoms with Crippen molar-refractivity contribution in [2.24, 2.45) is 0 Å². The maximum Gasteiger partial charge on any atom is 0.317 e. The van der Waals surface area contributed by atoms with E-state index < -0.39 is 0 Å². The molecule has 2 aliphatic rings. The molecule has 6 heteroatoms. The number of hydrogen-bond acceptors (Lipinski definition) is 4. The number of piperazine rings is 1. The second-order valence-electron chi connectivity index (χ2n) is 6.79. The van der Waals surface area contributed by atoms with Crippen LogP contribution in [0.1, 0.15) is 18.1 Å². The Morgan fingerprint density at radius 1 is 0.960 bits per heavy atom. The van der Waals surface area contributed by atoms with Gasteiger partial charge in [0.1, 0.15) is 0 Å². The summed E-state index contributed by atoms with van der Waals surface area (Å²) in [6.07, 6.45) is 0. The predicted octanol–water partition coefficient (Wildman–Crippen LogP) is 1.37. The van der Waals surface area contributed by atoms with Crippen molar-refractivity contribution in [2.45, 2.75) is 20.0 Å². The second-order valence-corrected chi connectivity index (χ2v) is 6.79. The molecule has 2 heterocycles. The molecule has 0 aliphatic carbocycles. The average Bonchev–Trinajstić information content (AvgIpc) is 2.68. The second kappa shape index (κ2) is 9.17. The highest BCUT2D eigenvalue weighted by atomic mass is 16.5. The monoisotopic (exact) mass is 346 g/mol. The van der Waals surface area contributed by atoms with Gasteiger partial charge in [-0.25, -0.2) is 4.79 Å². The number of carbonyl (C=O) groups is 1. The summed E-state index contributed by atoms with van der Waals surface area (Å²) in [6.45, 7) is 12.2. The lowest BCUT2D eigenvalue weighted by molar-refractivity contribution is 0.0531. The summed E-state index contributed by atoms with van der Waals surface area (Å²) in [5, 5.41) is 3.00. The summed E-state index contributed by atoms with van der Waals surface area (Å²) in [7, 11) is 0. The highest BCUT2D eigenvalue weighted by Gasteiger charge is 2.17. The van der Waals surface area contributed by atoms with Crippen molar-refractivity contribution in [1.82, 2.24) is 20.0 Å². The minimum atomic E-state index is 0.00108. The smallest absolute Gasteiger partial charge is 0.317 e. The van der Waals surface area contributed by atoms with E-state index in [0.717, 1.165) is 31.7 Å². The zero-order valence-corrected chi connectivity index (χ0v) is 15.2. The molecule has 1 N–H and O–H groups in total. The number of ether oxygens (including phenoxy) is 1. The molecule has 2 fully saturated rings. The first kappa shape index (κ1) is 18.2. The fourth-order valence-electron chi connectivity index (χ4n) is 3.34. The van der Waals surface area contributed by atoms with E-state index in [1.54, 1.807) is 0 Å². The number of benzene rings is 1. The number of hydrogen-bond donors (Lipinski definition) is 1. The Morgan fingerprint density at radius 2 is 1.56 bits per heavy atom. The number of likely N-dealkylation sites (N-methyl/N-ethyl adjacent to an activating group) is 1. The van der Waals surface area contributed by atoms with E-state index in [1.165, 1.54) is 18.7 Å². The Morgan fingerprint density at radius 3 is 2.20 bits per heavy atom. The standard InChI is InChI=1S/C19H30N4O2/c1-2-21-7-9-22(10-8-21)16-18-5-3-17(4-6-18)15-20-19(24)23-11-13-25-14-12-23/h3-6H,2,7-16H2,1H3,(H,20,24). The molecule has 3 rings (SSSR count). The van der Waals surface area contributed by atoms with E-state index in [1.807, 2.05) is 4.90 Å². The quantitative estimate of drug-likeness (QED) is 0.875. The fraction of sp³-hybridized carbons (Fsp3) is 0.632. The van der Waals surface area contributed by atoms with Crippen LogP contribution in [0.5, 0.6) is 0 Å². The van der Waals surface area contributed by atoms with E-state index >= 15 is 0 Å². The Hall–Kier alpha value is -1.63. The van der Waals surface area contributed by atoms with Gasteiger partial charge in [-0.15, -0.1) is 0 Å². The molecule has 2 amide bonds. The number of rotatable bonds is 5. The van der Waals surface area contributed by atoms with E-state index in [2.05, 4.69) is 46.3 Å². The fourth-order valence-corrected chi connectivity index (χ4v) is 3.34. The highest BCUT2D eigenvalue weighted by Crippen LogP contribution is 2.10. The van der Waals surface area contributed by atoms with Gasteiger partial charge in [-0.2, -0.15) is 0 Å². The number of nitrogens with zero attached hydrogens (tertiary/aromatic N) is 3. The SMILES string of the molecule is CCN1CCN(Cc2ccc(CNC(=O)N3CCOCC3)cc2)CC1. The normalized spacial score (nSPS) is 19.8. The van der Waals surface area contributed by atoms with Gasteiger partial charge in [-0.3, -0.25) is 4.90 Å². The molecule has 1 aromatic rings. The van der Waals surface area contributed by atoms with Crippen LogP contribution in [-0.4, -0.2) is 79.8 Å². The highest BCUT2D eigenvalue weighted by molar-refractivity contribution is 5.74. The van der Waals surface area contributed by atoms with Gasteiger partial charge in [0, 0.05) is 52.4 Å². The Balaban J connectivity index is 1.42. The summed E-state index contributed by atoms with van der Waals surface area (Å²) >= 11 is 0. The minimum absolute atomic E-state index is 0.00108. The molecule has 0 aromatic heterocycles. The van der Waals surface area contributed by atoms with Crippen LogP contribution in [0, 0.1) is 0 Å². The topological polar surface area (TPSA) is 48.0 Å². The van der Waals surface area contributed by atoms with Crippen LogP contribution in [0.15, 0.2) is 24.3 Å². The van der Waals surface area contributed by atoms with Crippen molar-refractivity contribution in [2.75, 3.05) is 59.0 Å². The third kappa shape index (κ3) is 5.42. The van der Waals surface area contributed by atoms with Crippen molar-refractivity contribution in [3.63, 3.8) is 0 Å². The molecule has 2 aliphatic heterocycles. The maximum atomic E-state index is 12.1. The predicted molar refractivity (Wildman–Crippen MR) is 98.5 cm³/mol. The van der Waals surface area contributed by atoms with Crippen molar-refractivity contribution in [3.8, 4) is 0 Å². The van der Waals surface area contributed by atoms with Crippen molar-refractivity contribution < 1.29 is 9.53 Å². The Bertz CT molecular complexity index is 535. The maximum absolute atomic E-state index is 12.1. The molecule has 0 bridgehead atoms. The van der Waals surface area contributed by atoms with Crippen molar-refractivity contribution >= 4 is 6.03 Å². The molecular weight excluding hydrogens is 316 g/mol. The first-order valence-electron chi connectivity index (χ1n) is 9.37. The minimum Gasteiger partial charge on any atom is -0.378 e. The first-order valence-corrected chi connectivity index (χ1v) is 9.37.